The van der Waals surface area contributed by atoms with Crippen molar-refractivity contribution in [3.8, 4) is 5.75 Å². The molecule has 0 radical (unpaired) electrons. The number of nitrogens with two attached hydrogens (primary N) is 1. The maximum absolute atomic E-state index is 14.0. The molecule has 0 aliphatic carbocycles. The van der Waals surface area contributed by atoms with Crippen LogP contribution in [0.1, 0.15) is 18.2 Å². The van der Waals surface area contributed by atoms with E-state index in [9.17, 15) is 4.39 Å². The van der Waals surface area contributed by atoms with Crippen molar-refractivity contribution >= 4 is 10.8 Å². The number of fused-ring (bicyclic) bond motifs is 1. The third-order valence-electron chi connectivity index (χ3n) is 2.90. The molecule has 0 saturated carbocycles. The molecule has 90 valence electrons. The van der Waals surface area contributed by atoms with Crippen LogP contribution in [0.3, 0.4) is 0 Å². The second kappa shape index (κ2) is 5.15. The zero-order chi connectivity index (χ0) is 12.3. The number of halogens is 1. The minimum atomic E-state index is -1.02. The Hall–Kier alpha value is -1.61. The van der Waals surface area contributed by atoms with Gasteiger partial charge in [-0.25, -0.2) is 4.39 Å². The van der Waals surface area contributed by atoms with E-state index in [-0.39, 0.29) is 0 Å². The first-order valence-corrected chi connectivity index (χ1v) is 5.67. The van der Waals surface area contributed by atoms with Crippen LogP contribution >= 0.6 is 0 Å². The number of alkyl halides is 1. The Morgan fingerprint density at radius 3 is 2.53 bits per heavy atom. The monoisotopic (exact) mass is 233 g/mol. The minimum Gasteiger partial charge on any atom is -0.496 e. The van der Waals surface area contributed by atoms with E-state index in [0.717, 1.165) is 16.5 Å². The van der Waals surface area contributed by atoms with E-state index in [0.29, 0.717) is 18.5 Å². The van der Waals surface area contributed by atoms with Crippen LogP contribution in [-0.2, 0) is 0 Å². The SMILES string of the molecule is COc1ccc(C(F)CCN)c2ccccc12. The van der Waals surface area contributed by atoms with Gasteiger partial charge in [-0.1, -0.05) is 30.3 Å². The van der Waals surface area contributed by atoms with E-state index in [4.69, 9.17) is 10.5 Å². The molecule has 0 saturated heterocycles. The number of benzene rings is 2. The Morgan fingerprint density at radius 2 is 1.88 bits per heavy atom. The minimum absolute atomic E-state index is 0.344. The highest BCUT2D eigenvalue weighted by Gasteiger charge is 2.14. The molecular formula is C14H16FNO. The van der Waals surface area contributed by atoms with Gasteiger partial charge in [-0.15, -0.1) is 0 Å². The van der Waals surface area contributed by atoms with Gasteiger partial charge in [0.1, 0.15) is 11.9 Å². The van der Waals surface area contributed by atoms with Crippen LogP contribution in [0.15, 0.2) is 36.4 Å². The van der Waals surface area contributed by atoms with Crippen molar-refractivity contribution in [3.63, 3.8) is 0 Å². The fourth-order valence-corrected chi connectivity index (χ4v) is 2.05. The molecule has 0 fully saturated rings. The molecule has 0 aromatic heterocycles. The Labute approximate surface area is 100 Å². The molecule has 0 spiro atoms. The maximum atomic E-state index is 14.0. The Bertz CT molecular complexity index is 513. The molecule has 2 rings (SSSR count). The standard InChI is InChI=1S/C14H16FNO/c1-17-14-7-6-11(13(15)8-9-16)10-4-2-3-5-12(10)14/h2-7,13H,8-9,16H2,1H3. The molecule has 3 heteroatoms. The molecule has 1 unspecified atom stereocenters. The molecule has 2 nitrogen and oxygen atoms in total. The van der Waals surface area contributed by atoms with E-state index in [2.05, 4.69) is 0 Å². The second-order valence-electron chi connectivity index (χ2n) is 3.95. The smallest absolute Gasteiger partial charge is 0.127 e. The average Bonchev–Trinajstić information content (AvgIpc) is 2.37. The summed E-state index contributed by atoms with van der Waals surface area (Å²) in [6, 6.07) is 11.3. The van der Waals surface area contributed by atoms with E-state index in [1.807, 2.05) is 24.3 Å². The summed E-state index contributed by atoms with van der Waals surface area (Å²) in [6.07, 6.45) is -0.674. The van der Waals surface area contributed by atoms with E-state index in [1.165, 1.54) is 0 Å². The van der Waals surface area contributed by atoms with E-state index >= 15 is 0 Å². The Morgan fingerprint density at radius 1 is 1.18 bits per heavy atom. The zero-order valence-corrected chi connectivity index (χ0v) is 9.82. The lowest BCUT2D eigenvalue weighted by atomic mass is 9.99. The first kappa shape index (κ1) is 11.9. The lowest BCUT2D eigenvalue weighted by molar-refractivity contribution is 0.329. The van der Waals surface area contributed by atoms with Gasteiger partial charge in [0.25, 0.3) is 0 Å². The fraction of sp³-hybridized carbons (Fsp3) is 0.286. The van der Waals surface area contributed by atoms with Crippen LogP contribution in [0.2, 0.25) is 0 Å². The first-order chi connectivity index (χ1) is 8.27. The summed E-state index contributed by atoms with van der Waals surface area (Å²) in [6.45, 7) is 0.349. The number of hydrogen-bond acceptors (Lipinski definition) is 2. The topological polar surface area (TPSA) is 35.2 Å². The van der Waals surface area contributed by atoms with Crippen LogP contribution in [-0.4, -0.2) is 13.7 Å². The van der Waals surface area contributed by atoms with Crippen LogP contribution in [0.5, 0.6) is 5.75 Å². The highest BCUT2D eigenvalue weighted by Crippen LogP contribution is 2.33. The van der Waals surface area contributed by atoms with Crippen molar-refractivity contribution in [3.05, 3.63) is 42.0 Å². The number of methoxy groups -OCH3 is 1. The largest absolute Gasteiger partial charge is 0.496 e. The van der Waals surface area contributed by atoms with Gasteiger partial charge in [-0.3, -0.25) is 0 Å². The number of rotatable bonds is 4. The van der Waals surface area contributed by atoms with Crippen LogP contribution in [0.25, 0.3) is 10.8 Å². The van der Waals surface area contributed by atoms with Crippen LogP contribution in [0.4, 0.5) is 4.39 Å². The summed E-state index contributed by atoms with van der Waals surface area (Å²) in [5, 5.41) is 1.83. The van der Waals surface area contributed by atoms with Gasteiger partial charge in [-0.2, -0.15) is 0 Å². The molecule has 0 aliphatic heterocycles. The molecular weight excluding hydrogens is 217 g/mol. The Kier molecular flexibility index (Phi) is 3.59. The third-order valence-corrected chi connectivity index (χ3v) is 2.90. The molecule has 0 aliphatic rings. The molecule has 2 aromatic carbocycles. The number of ether oxygens (including phenoxy) is 1. The third kappa shape index (κ3) is 2.24. The van der Waals surface area contributed by atoms with Crippen molar-refractivity contribution < 1.29 is 9.13 Å². The summed E-state index contributed by atoms with van der Waals surface area (Å²) in [5.74, 6) is 0.768. The van der Waals surface area contributed by atoms with Gasteiger partial charge in [-0.05, 0) is 30.0 Å². The van der Waals surface area contributed by atoms with Crippen molar-refractivity contribution in [2.75, 3.05) is 13.7 Å². The molecule has 0 bridgehead atoms. The van der Waals surface area contributed by atoms with E-state index < -0.39 is 6.17 Å². The van der Waals surface area contributed by atoms with Crippen LogP contribution < -0.4 is 10.5 Å². The quantitative estimate of drug-likeness (QED) is 0.880. The Balaban J connectivity index is 2.58. The van der Waals surface area contributed by atoms with Crippen molar-refractivity contribution in [1.82, 2.24) is 0 Å². The van der Waals surface area contributed by atoms with E-state index in [1.54, 1.807) is 19.2 Å². The van der Waals surface area contributed by atoms with Crippen molar-refractivity contribution in [2.24, 2.45) is 5.73 Å². The lowest BCUT2D eigenvalue weighted by Crippen LogP contribution is -2.04. The summed E-state index contributed by atoms with van der Waals surface area (Å²) in [5.41, 5.74) is 6.09. The average molecular weight is 233 g/mol. The first-order valence-electron chi connectivity index (χ1n) is 5.67. The molecule has 0 amide bonds. The molecule has 0 heterocycles. The highest BCUT2D eigenvalue weighted by molar-refractivity contribution is 5.91. The van der Waals surface area contributed by atoms with Gasteiger partial charge >= 0.3 is 0 Å². The summed E-state index contributed by atoms with van der Waals surface area (Å²) >= 11 is 0. The molecule has 17 heavy (non-hydrogen) atoms. The lowest BCUT2D eigenvalue weighted by Gasteiger charge is -2.13. The van der Waals surface area contributed by atoms with Crippen molar-refractivity contribution in [2.45, 2.75) is 12.6 Å². The normalized spacial score (nSPS) is 12.6. The zero-order valence-electron chi connectivity index (χ0n) is 9.82. The summed E-state index contributed by atoms with van der Waals surface area (Å²) < 4.78 is 19.3. The predicted octanol–water partition coefficient (Wildman–Crippen LogP) is 3.21. The van der Waals surface area contributed by atoms with Gasteiger partial charge in [0.15, 0.2) is 0 Å². The summed E-state index contributed by atoms with van der Waals surface area (Å²) in [4.78, 5) is 0. The van der Waals surface area contributed by atoms with Crippen molar-refractivity contribution in [1.29, 1.82) is 0 Å². The number of hydrogen-bond donors (Lipinski definition) is 1. The van der Waals surface area contributed by atoms with Gasteiger partial charge < -0.3 is 10.5 Å². The second-order valence-corrected chi connectivity index (χ2v) is 3.95. The molecule has 2 N–H and O–H groups in total. The highest BCUT2D eigenvalue weighted by atomic mass is 19.1. The predicted molar refractivity (Wildman–Crippen MR) is 68.0 cm³/mol. The molecule has 2 aromatic rings. The van der Waals surface area contributed by atoms with Gasteiger partial charge in [0.2, 0.25) is 0 Å². The summed E-state index contributed by atoms with van der Waals surface area (Å²) in [7, 11) is 1.62. The fourth-order valence-electron chi connectivity index (χ4n) is 2.05. The van der Waals surface area contributed by atoms with Gasteiger partial charge in [0, 0.05) is 5.39 Å². The molecule has 1 atom stereocenters. The van der Waals surface area contributed by atoms with Gasteiger partial charge in [0.05, 0.1) is 7.11 Å². The maximum Gasteiger partial charge on any atom is 0.127 e. The van der Waals surface area contributed by atoms with Crippen LogP contribution in [0, 0.1) is 0 Å².